The van der Waals surface area contributed by atoms with Gasteiger partial charge in [-0.2, -0.15) is 4.98 Å². The van der Waals surface area contributed by atoms with E-state index in [4.69, 9.17) is 19.7 Å². The molecule has 1 heterocycles. The zero-order valence-electron chi connectivity index (χ0n) is 11.9. The van der Waals surface area contributed by atoms with Crippen LogP contribution in [-0.2, 0) is 16.1 Å². The minimum absolute atomic E-state index is 0.232. The lowest BCUT2D eigenvalue weighted by Gasteiger charge is -2.26. The summed E-state index contributed by atoms with van der Waals surface area (Å²) in [5.74, 6) is 0.927. The molecule has 1 fully saturated rings. The minimum atomic E-state index is -0.340. The summed E-state index contributed by atoms with van der Waals surface area (Å²) in [5, 5.41) is 3.87. The number of nitrogens with zero attached hydrogens (tertiary/aromatic N) is 2. The average Bonchev–Trinajstić information content (AvgIpc) is 2.71. The molecule has 1 unspecified atom stereocenters. The molecular formula is C13H23N3O3. The highest BCUT2D eigenvalue weighted by molar-refractivity contribution is 4.92. The Labute approximate surface area is 113 Å². The number of nitrogens with two attached hydrogens (primary N) is 1. The molecule has 19 heavy (non-hydrogen) atoms. The van der Waals surface area contributed by atoms with Crippen molar-refractivity contribution in [1.29, 1.82) is 0 Å². The monoisotopic (exact) mass is 269 g/mol. The van der Waals surface area contributed by atoms with Gasteiger partial charge in [-0.3, -0.25) is 0 Å². The average molecular weight is 269 g/mol. The maximum Gasteiger partial charge on any atom is 0.252 e. The van der Waals surface area contributed by atoms with Crippen LogP contribution in [0.1, 0.15) is 57.8 Å². The lowest BCUT2D eigenvalue weighted by atomic mass is 9.96. The van der Waals surface area contributed by atoms with Gasteiger partial charge in [-0.15, -0.1) is 0 Å². The van der Waals surface area contributed by atoms with Gasteiger partial charge in [0.1, 0.15) is 6.61 Å². The summed E-state index contributed by atoms with van der Waals surface area (Å²) >= 11 is 0. The molecule has 1 saturated carbocycles. The van der Waals surface area contributed by atoms with E-state index in [9.17, 15) is 0 Å². The fraction of sp³-hybridized carbons (Fsp3) is 0.846. The molecule has 0 bridgehead atoms. The molecule has 1 aromatic rings. The lowest BCUT2D eigenvalue weighted by molar-refractivity contribution is -0.0260. The molecule has 1 aliphatic carbocycles. The molecule has 0 spiro atoms. The Morgan fingerprint density at radius 3 is 2.74 bits per heavy atom. The summed E-state index contributed by atoms with van der Waals surface area (Å²) in [6, 6.07) is -0.340. The third-order valence-corrected chi connectivity index (χ3v) is 3.01. The molecule has 1 aliphatic rings. The van der Waals surface area contributed by atoms with Crippen LogP contribution in [0.5, 0.6) is 0 Å². The Morgan fingerprint density at radius 1 is 1.42 bits per heavy atom. The van der Waals surface area contributed by atoms with Crippen LogP contribution in [0, 0.1) is 0 Å². The Balaban J connectivity index is 1.78. The SMILES string of the molecule is CC(C)(C)OCc1nc(C(N)COC2CCC2)no1. The molecule has 0 radical (unpaired) electrons. The van der Waals surface area contributed by atoms with Crippen molar-refractivity contribution in [2.24, 2.45) is 5.73 Å². The van der Waals surface area contributed by atoms with Gasteiger partial charge in [-0.05, 0) is 40.0 Å². The van der Waals surface area contributed by atoms with Crippen molar-refractivity contribution in [3.63, 3.8) is 0 Å². The Hall–Kier alpha value is -0.980. The number of aromatic nitrogens is 2. The lowest BCUT2D eigenvalue weighted by Crippen LogP contribution is -2.27. The fourth-order valence-corrected chi connectivity index (χ4v) is 1.61. The van der Waals surface area contributed by atoms with Gasteiger partial charge in [0.2, 0.25) is 0 Å². The second-order valence-electron chi connectivity index (χ2n) is 5.94. The highest BCUT2D eigenvalue weighted by Crippen LogP contribution is 2.23. The minimum Gasteiger partial charge on any atom is -0.376 e. The van der Waals surface area contributed by atoms with Gasteiger partial charge in [0, 0.05) is 0 Å². The topological polar surface area (TPSA) is 83.4 Å². The number of hydrogen-bond donors (Lipinski definition) is 1. The smallest absolute Gasteiger partial charge is 0.252 e. The van der Waals surface area contributed by atoms with Crippen molar-refractivity contribution in [3.05, 3.63) is 11.7 Å². The van der Waals surface area contributed by atoms with E-state index in [1.54, 1.807) is 0 Å². The van der Waals surface area contributed by atoms with Crippen LogP contribution in [0.4, 0.5) is 0 Å². The summed E-state index contributed by atoms with van der Waals surface area (Å²) in [7, 11) is 0. The number of ether oxygens (including phenoxy) is 2. The van der Waals surface area contributed by atoms with Gasteiger partial charge in [-0.25, -0.2) is 0 Å². The van der Waals surface area contributed by atoms with Crippen LogP contribution in [-0.4, -0.2) is 28.5 Å². The second kappa shape index (κ2) is 5.98. The molecule has 0 saturated heterocycles. The molecule has 0 aliphatic heterocycles. The largest absolute Gasteiger partial charge is 0.376 e. The molecule has 0 aromatic carbocycles. The maximum absolute atomic E-state index is 5.97. The summed E-state index contributed by atoms with van der Waals surface area (Å²) in [4.78, 5) is 4.23. The quantitative estimate of drug-likeness (QED) is 0.849. The van der Waals surface area contributed by atoms with Crippen LogP contribution in [0.3, 0.4) is 0 Å². The zero-order valence-corrected chi connectivity index (χ0v) is 11.9. The number of rotatable bonds is 6. The predicted octanol–water partition coefficient (Wildman–Crippen LogP) is 1.95. The van der Waals surface area contributed by atoms with Gasteiger partial charge in [0.25, 0.3) is 5.89 Å². The highest BCUT2D eigenvalue weighted by atomic mass is 16.5. The summed E-state index contributed by atoms with van der Waals surface area (Å²) < 4.78 is 16.3. The van der Waals surface area contributed by atoms with Crippen LogP contribution >= 0.6 is 0 Å². The van der Waals surface area contributed by atoms with Crippen molar-refractivity contribution in [3.8, 4) is 0 Å². The van der Waals surface area contributed by atoms with Crippen molar-refractivity contribution >= 4 is 0 Å². The summed E-state index contributed by atoms with van der Waals surface area (Å²) in [6.45, 7) is 6.66. The van der Waals surface area contributed by atoms with E-state index in [0.29, 0.717) is 31.0 Å². The van der Waals surface area contributed by atoms with Crippen molar-refractivity contribution < 1.29 is 14.0 Å². The standard InChI is InChI=1S/C13H23N3O3/c1-13(2,3)18-8-11-15-12(16-19-11)10(14)7-17-9-5-4-6-9/h9-10H,4-8,14H2,1-3H3. The Kier molecular flexibility index (Phi) is 4.54. The second-order valence-corrected chi connectivity index (χ2v) is 5.94. The van der Waals surface area contributed by atoms with Crippen molar-refractivity contribution in [1.82, 2.24) is 10.1 Å². The normalized spacial score (nSPS) is 18.3. The Morgan fingerprint density at radius 2 is 2.16 bits per heavy atom. The molecule has 1 aromatic heterocycles. The van der Waals surface area contributed by atoms with E-state index in [1.807, 2.05) is 20.8 Å². The maximum atomic E-state index is 5.97. The van der Waals surface area contributed by atoms with Gasteiger partial charge < -0.3 is 19.7 Å². The van der Waals surface area contributed by atoms with E-state index in [-0.39, 0.29) is 11.6 Å². The summed E-state index contributed by atoms with van der Waals surface area (Å²) in [6.07, 6.45) is 3.87. The van der Waals surface area contributed by atoms with Crippen LogP contribution in [0.2, 0.25) is 0 Å². The van der Waals surface area contributed by atoms with Gasteiger partial charge >= 0.3 is 0 Å². The van der Waals surface area contributed by atoms with E-state index >= 15 is 0 Å². The van der Waals surface area contributed by atoms with E-state index in [2.05, 4.69) is 10.1 Å². The predicted molar refractivity (Wildman–Crippen MR) is 69.4 cm³/mol. The molecule has 108 valence electrons. The van der Waals surface area contributed by atoms with Crippen LogP contribution in [0.25, 0.3) is 0 Å². The van der Waals surface area contributed by atoms with E-state index < -0.39 is 0 Å². The van der Waals surface area contributed by atoms with Gasteiger partial charge in [-0.1, -0.05) is 5.16 Å². The first-order chi connectivity index (χ1) is 8.94. The van der Waals surface area contributed by atoms with Gasteiger partial charge in [0.05, 0.1) is 24.4 Å². The first-order valence-corrected chi connectivity index (χ1v) is 6.78. The van der Waals surface area contributed by atoms with E-state index in [0.717, 1.165) is 12.8 Å². The molecule has 1 atom stereocenters. The van der Waals surface area contributed by atoms with Crippen molar-refractivity contribution in [2.45, 2.75) is 64.4 Å². The molecular weight excluding hydrogens is 246 g/mol. The third-order valence-electron chi connectivity index (χ3n) is 3.01. The van der Waals surface area contributed by atoms with Gasteiger partial charge in [0.15, 0.2) is 5.82 Å². The van der Waals surface area contributed by atoms with Crippen LogP contribution in [0.15, 0.2) is 4.52 Å². The van der Waals surface area contributed by atoms with E-state index in [1.165, 1.54) is 6.42 Å². The first kappa shape index (κ1) is 14.4. The first-order valence-electron chi connectivity index (χ1n) is 6.78. The van der Waals surface area contributed by atoms with Crippen molar-refractivity contribution in [2.75, 3.05) is 6.61 Å². The molecule has 0 amide bonds. The third kappa shape index (κ3) is 4.56. The molecule has 2 rings (SSSR count). The highest BCUT2D eigenvalue weighted by Gasteiger charge is 2.21. The molecule has 6 heteroatoms. The molecule has 6 nitrogen and oxygen atoms in total. The zero-order chi connectivity index (χ0) is 13.9. The number of hydrogen-bond acceptors (Lipinski definition) is 6. The fourth-order valence-electron chi connectivity index (χ4n) is 1.61. The molecule has 2 N–H and O–H groups in total. The van der Waals surface area contributed by atoms with Crippen LogP contribution < -0.4 is 5.73 Å². The Bertz CT molecular complexity index is 396. The summed E-state index contributed by atoms with van der Waals surface area (Å²) in [5.41, 5.74) is 5.73.